The third-order valence-electron chi connectivity index (χ3n) is 3.24. The molecule has 1 aromatic rings. The summed E-state index contributed by atoms with van der Waals surface area (Å²) in [6, 6.07) is 0. The molecule has 0 amide bonds. The lowest BCUT2D eigenvalue weighted by Gasteiger charge is -2.17. The van der Waals surface area contributed by atoms with Gasteiger partial charge in [-0.1, -0.05) is 13.3 Å². The van der Waals surface area contributed by atoms with Gasteiger partial charge in [0.05, 0.1) is 0 Å². The summed E-state index contributed by atoms with van der Waals surface area (Å²) in [6.45, 7) is 11.0. The van der Waals surface area contributed by atoms with Gasteiger partial charge in [-0.25, -0.2) is 0 Å². The van der Waals surface area contributed by atoms with Crippen molar-refractivity contribution >= 4 is 12.6 Å². The van der Waals surface area contributed by atoms with Crippen LogP contribution in [-0.4, -0.2) is 0 Å². The van der Waals surface area contributed by atoms with E-state index in [2.05, 4.69) is 47.2 Å². The minimum absolute atomic E-state index is 1.17. The van der Waals surface area contributed by atoms with Crippen molar-refractivity contribution in [1.29, 1.82) is 0 Å². The minimum Gasteiger partial charge on any atom is -0.143 e. The van der Waals surface area contributed by atoms with Crippen molar-refractivity contribution in [2.24, 2.45) is 0 Å². The minimum atomic E-state index is 1.17. The first kappa shape index (κ1) is 11.6. The molecule has 0 spiro atoms. The van der Waals surface area contributed by atoms with Crippen LogP contribution in [0, 0.1) is 27.7 Å². The van der Waals surface area contributed by atoms with Crippen LogP contribution < -0.4 is 0 Å². The van der Waals surface area contributed by atoms with Gasteiger partial charge in [0.1, 0.15) is 0 Å². The van der Waals surface area contributed by atoms with Crippen molar-refractivity contribution in [2.75, 3.05) is 0 Å². The maximum absolute atomic E-state index is 4.57. The van der Waals surface area contributed by atoms with Crippen LogP contribution in [0.4, 0.5) is 0 Å². The Morgan fingerprint density at radius 3 is 1.64 bits per heavy atom. The van der Waals surface area contributed by atoms with E-state index in [0.717, 1.165) is 0 Å². The molecule has 0 aliphatic rings. The molecule has 0 aliphatic carbocycles. The Balaban J connectivity index is 3.43. The SMILES string of the molecule is CCCc1c(C)c(C)c(S)c(C)c1C. The van der Waals surface area contributed by atoms with E-state index in [1.54, 1.807) is 0 Å². The van der Waals surface area contributed by atoms with E-state index in [4.69, 9.17) is 0 Å². The van der Waals surface area contributed by atoms with Crippen LogP contribution in [0.5, 0.6) is 0 Å². The predicted molar refractivity (Wildman–Crippen MR) is 66.6 cm³/mol. The Hall–Kier alpha value is -0.430. The Bertz CT molecular complexity index is 322. The van der Waals surface area contributed by atoms with Crippen molar-refractivity contribution in [3.05, 3.63) is 27.8 Å². The van der Waals surface area contributed by atoms with E-state index in [0.29, 0.717) is 0 Å². The molecule has 0 saturated carbocycles. The van der Waals surface area contributed by atoms with Gasteiger partial charge in [0.15, 0.2) is 0 Å². The Kier molecular flexibility index (Phi) is 3.65. The summed E-state index contributed by atoms with van der Waals surface area (Å²) in [4.78, 5) is 1.17. The van der Waals surface area contributed by atoms with Gasteiger partial charge in [-0.2, -0.15) is 0 Å². The van der Waals surface area contributed by atoms with Gasteiger partial charge >= 0.3 is 0 Å². The summed E-state index contributed by atoms with van der Waals surface area (Å²) in [5.41, 5.74) is 7.08. The van der Waals surface area contributed by atoms with Crippen LogP contribution in [0.15, 0.2) is 4.90 Å². The first-order valence-electron chi connectivity index (χ1n) is 5.28. The lowest BCUT2D eigenvalue weighted by atomic mass is 9.91. The molecule has 1 heteroatoms. The van der Waals surface area contributed by atoms with Gasteiger partial charge in [-0.05, 0) is 61.9 Å². The molecule has 0 nitrogen and oxygen atoms in total. The van der Waals surface area contributed by atoms with Crippen molar-refractivity contribution < 1.29 is 0 Å². The van der Waals surface area contributed by atoms with E-state index in [9.17, 15) is 0 Å². The van der Waals surface area contributed by atoms with Crippen molar-refractivity contribution in [2.45, 2.75) is 52.4 Å². The van der Waals surface area contributed by atoms with E-state index >= 15 is 0 Å². The zero-order chi connectivity index (χ0) is 10.9. The van der Waals surface area contributed by atoms with Crippen LogP contribution in [0.3, 0.4) is 0 Å². The quantitative estimate of drug-likeness (QED) is 0.693. The molecule has 0 atom stereocenters. The third kappa shape index (κ3) is 1.83. The highest BCUT2D eigenvalue weighted by molar-refractivity contribution is 7.80. The lowest BCUT2D eigenvalue weighted by Crippen LogP contribution is -2.00. The molecule has 0 aromatic heterocycles. The van der Waals surface area contributed by atoms with Crippen LogP contribution in [0.2, 0.25) is 0 Å². The summed E-state index contributed by atoms with van der Waals surface area (Å²) in [5.74, 6) is 0. The third-order valence-corrected chi connectivity index (χ3v) is 3.91. The molecule has 1 aromatic carbocycles. The average Bonchev–Trinajstić information content (AvgIpc) is 2.19. The largest absolute Gasteiger partial charge is 0.143 e. The number of thiol groups is 1. The molecule has 0 unspecified atom stereocenters. The van der Waals surface area contributed by atoms with Gasteiger partial charge in [0.25, 0.3) is 0 Å². The molecule has 0 saturated heterocycles. The van der Waals surface area contributed by atoms with Gasteiger partial charge in [-0.3, -0.25) is 0 Å². The summed E-state index contributed by atoms with van der Waals surface area (Å²) in [7, 11) is 0. The van der Waals surface area contributed by atoms with E-state index in [1.807, 2.05) is 0 Å². The Morgan fingerprint density at radius 2 is 1.29 bits per heavy atom. The molecular weight excluding hydrogens is 188 g/mol. The Labute approximate surface area is 93.1 Å². The molecule has 0 N–H and O–H groups in total. The van der Waals surface area contributed by atoms with Crippen LogP contribution in [0.25, 0.3) is 0 Å². The summed E-state index contributed by atoms with van der Waals surface area (Å²) >= 11 is 4.57. The highest BCUT2D eigenvalue weighted by atomic mass is 32.1. The molecule has 0 radical (unpaired) electrons. The fraction of sp³-hybridized carbons (Fsp3) is 0.538. The van der Waals surface area contributed by atoms with Crippen LogP contribution in [-0.2, 0) is 6.42 Å². The second-order valence-corrected chi connectivity index (χ2v) is 4.52. The highest BCUT2D eigenvalue weighted by Gasteiger charge is 2.11. The highest BCUT2D eigenvalue weighted by Crippen LogP contribution is 2.29. The fourth-order valence-corrected chi connectivity index (χ4v) is 2.33. The maximum atomic E-state index is 4.57. The zero-order valence-corrected chi connectivity index (χ0v) is 10.8. The second-order valence-electron chi connectivity index (χ2n) is 4.08. The number of rotatable bonds is 2. The monoisotopic (exact) mass is 208 g/mol. The topological polar surface area (TPSA) is 0 Å². The van der Waals surface area contributed by atoms with Gasteiger partial charge in [0.2, 0.25) is 0 Å². The lowest BCUT2D eigenvalue weighted by molar-refractivity contribution is 0.889. The molecule has 0 heterocycles. The smallest absolute Gasteiger partial charge is 0.0104 e. The van der Waals surface area contributed by atoms with Crippen molar-refractivity contribution in [1.82, 2.24) is 0 Å². The number of hydrogen-bond donors (Lipinski definition) is 1. The predicted octanol–water partition coefficient (Wildman–Crippen LogP) is 4.16. The molecule has 78 valence electrons. The standard InChI is InChI=1S/C13H20S/c1-6-7-12-8(2)10(4)13(14)11(5)9(12)3/h14H,6-7H2,1-5H3. The molecule has 14 heavy (non-hydrogen) atoms. The summed E-state index contributed by atoms with van der Waals surface area (Å²) in [5, 5.41) is 0. The van der Waals surface area contributed by atoms with Gasteiger partial charge in [-0.15, -0.1) is 12.6 Å². The van der Waals surface area contributed by atoms with Gasteiger partial charge < -0.3 is 0 Å². The van der Waals surface area contributed by atoms with Crippen molar-refractivity contribution in [3.63, 3.8) is 0 Å². The molecular formula is C13H20S. The first-order valence-corrected chi connectivity index (χ1v) is 5.73. The van der Waals surface area contributed by atoms with E-state index in [1.165, 1.54) is 45.6 Å². The maximum Gasteiger partial charge on any atom is 0.0104 e. The van der Waals surface area contributed by atoms with Crippen LogP contribution >= 0.6 is 12.6 Å². The molecule has 0 aliphatic heterocycles. The van der Waals surface area contributed by atoms with E-state index < -0.39 is 0 Å². The van der Waals surface area contributed by atoms with Crippen molar-refractivity contribution in [3.8, 4) is 0 Å². The summed E-state index contributed by atoms with van der Waals surface area (Å²) < 4.78 is 0. The van der Waals surface area contributed by atoms with Crippen LogP contribution in [0.1, 0.15) is 41.2 Å². The molecule has 0 fully saturated rings. The first-order chi connectivity index (χ1) is 6.50. The molecule has 1 rings (SSSR count). The summed E-state index contributed by atoms with van der Waals surface area (Å²) in [6.07, 6.45) is 2.40. The number of benzene rings is 1. The fourth-order valence-electron chi connectivity index (χ4n) is 2.00. The normalized spacial score (nSPS) is 10.7. The molecule has 0 bridgehead atoms. The van der Waals surface area contributed by atoms with Gasteiger partial charge in [0, 0.05) is 4.90 Å². The second kappa shape index (κ2) is 4.39. The Morgan fingerprint density at radius 1 is 0.857 bits per heavy atom. The average molecular weight is 208 g/mol. The number of hydrogen-bond acceptors (Lipinski definition) is 1. The zero-order valence-electron chi connectivity index (χ0n) is 9.86. The van der Waals surface area contributed by atoms with E-state index in [-0.39, 0.29) is 0 Å².